The molecule has 0 fully saturated rings. The van der Waals surface area contributed by atoms with Crippen LogP contribution in [0.5, 0.6) is 17.2 Å². The number of likely N-dealkylation sites (N-methyl/N-ethyl adjacent to an activating group) is 1. The second kappa shape index (κ2) is 11.1. The van der Waals surface area contributed by atoms with Crippen molar-refractivity contribution in [3.05, 3.63) is 53.6 Å². The Labute approximate surface area is 168 Å². The standard InChI is InChI=1S/C22H31N3O3/c1-23-22(24-14-12-17-6-9-19(26-3)10-7-17)25(2)15-13-18-8-11-20(27-4)21(16-18)28-5/h6-11,16H,12-15H2,1-5H3,(H,23,24). The molecule has 0 bridgehead atoms. The normalized spacial score (nSPS) is 11.1. The van der Waals surface area contributed by atoms with Crippen molar-refractivity contribution in [2.24, 2.45) is 4.99 Å². The van der Waals surface area contributed by atoms with Crippen molar-refractivity contribution >= 4 is 5.96 Å². The third kappa shape index (κ3) is 6.08. The van der Waals surface area contributed by atoms with Gasteiger partial charge in [-0.1, -0.05) is 18.2 Å². The minimum Gasteiger partial charge on any atom is -0.497 e. The van der Waals surface area contributed by atoms with Crippen LogP contribution >= 0.6 is 0 Å². The number of nitrogens with one attached hydrogen (secondary N) is 1. The van der Waals surface area contributed by atoms with E-state index < -0.39 is 0 Å². The Morgan fingerprint density at radius 1 is 0.893 bits per heavy atom. The SMILES string of the molecule is CN=C(NCCc1ccc(OC)cc1)N(C)CCc1ccc(OC)c(OC)c1. The van der Waals surface area contributed by atoms with Crippen molar-refractivity contribution in [2.45, 2.75) is 12.8 Å². The van der Waals surface area contributed by atoms with E-state index >= 15 is 0 Å². The van der Waals surface area contributed by atoms with E-state index in [0.29, 0.717) is 0 Å². The molecule has 0 saturated heterocycles. The molecule has 0 radical (unpaired) electrons. The molecular formula is C22H31N3O3. The highest BCUT2D eigenvalue weighted by molar-refractivity contribution is 5.79. The van der Waals surface area contributed by atoms with Gasteiger partial charge in [-0.05, 0) is 48.2 Å². The van der Waals surface area contributed by atoms with E-state index in [0.717, 1.165) is 49.1 Å². The van der Waals surface area contributed by atoms with E-state index in [4.69, 9.17) is 14.2 Å². The fraction of sp³-hybridized carbons (Fsp3) is 0.409. The molecule has 0 atom stereocenters. The van der Waals surface area contributed by atoms with Crippen LogP contribution in [0.25, 0.3) is 0 Å². The zero-order valence-corrected chi connectivity index (χ0v) is 17.5. The monoisotopic (exact) mass is 385 g/mol. The zero-order chi connectivity index (χ0) is 20.4. The number of guanidine groups is 1. The molecule has 0 unspecified atom stereocenters. The molecule has 0 aliphatic rings. The first-order valence-corrected chi connectivity index (χ1v) is 9.37. The summed E-state index contributed by atoms with van der Waals surface area (Å²) in [6.45, 7) is 1.66. The maximum atomic E-state index is 5.38. The van der Waals surface area contributed by atoms with Crippen LogP contribution in [0.3, 0.4) is 0 Å². The van der Waals surface area contributed by atoms with Gasteiger partial charge in [-0.3, -0.25) is 4.99 Å². The van der Waals surface area contributed by atoms with Crippen LogP contribution < -0.4 is 19.5 Å². The zero-order valence-electron chi connectivity index (χ0n) is 17.5. The minimum absolute atomic E-state index is 0.746. The molecule has 0 aliphatic heterocycles. The van der Waals surface area contributed by atoms with Crippen molar-refractivity contribution in [1.82, 2.24) is 10.2 Å². The van der Waals surface area contributed by atoms with Crippen molar-refractivity contribution in [3.63, 3.8) is 0 Å². The van der Waals surface area contributed by atoms with Gasteiger partial charge in [0, 0.05) is 27.2 Å². The van der Waals surface area contributed by atoms with Crippen molar-refractivity contribution in [1.29, 1.82) is 0 Å². The molecule has 152 valence electrons. The average molecular weight is 386 g/mol. The van der Waals surface area contributed by atoms with Crippen LogP contribution in [-0.2, 0) is 12.8 Å². The van der Waals surface area contributed by atoms with Gasteiger partial charge in [-0.15, -0.1) is 0 Å². The highest BCUT2D eigenvalue weighted by Crippen LogP contribution is 2.27. The fourth-order valence-corrected chi connectivity index (χ4v) is 2.93. The quantitative estimate of drug-likeness (QED) is 0.531. The van der Waals surface area contributed by atoms with E-state index in [9.17, 15) is 0 Å². The van der Waals surface area contributed by atoms with Gasteiger partial charge in [-0.25, -0.2) is 0 Å². The average Bonchev–Trinajstić information content (AvgIpc) is 2.75. The molecule has 0 aromatic heterocycles. The van der Waals surface area contributed by atoms with Crippen LogP contribution in [0.4, 0.5) is 0 Å². The lowest BCUT2D eigenvalue weighted by Crippen LogP contribution is -2.40. The smallest absolute Gasteiger partial charge is 0.193 e. The summed E-state index contributed by atoms with van der Waals surface area (Å²) in [6, 6.07) is 14.2. The van der Waals surface area contributed by atoms with Crippen LogP contribution in [0, 0.1) is 0 Å². The second-order valence-electron chi connectivity index (χ2n) is 6.43. The molecule has 6 nitrogen and oxygen atoms in total. The van der Waals surface area contributed by atoms with Crippen LogP contribution in [0.2, 0.25) is 0 Å². The first-order chi connectivity index (χ1) is 13.6. The molecular weight excluding hydrogens is 354 g/mol. The Morgan fingerprint density at radius 3 is 2.18 bits per heavy atom. The number of benzene rings is 2. The first kappa shape index (κ1) is 21.4. The Hall–Kier alpha value is -2.89. The summed E-state index contributed by atoms with van der Waals surface area (Å²) in [7, 11) is 8.83. The Bertz CT molecular complexity index is 760. The first-order valence-electron chi connectivity index (χ1n) is 9.37. The Morgan fingerprint density at radius 2 is 1.57 bits per heavy atom. The number of nitrogens with zero attached hydrogens (tertiary/aromatic N) is 2. The Kier molecular flexibility index (Phi) is 8.46. The molecule has 28 heavy (non-hydrogen) atoms. The number of hydrogen-bond acceptors (Lipinski definition) is 4. The van der Waals surface area contributed by atoms with Gasteiger partial charge in [0.2, 0.25) is 0 Å². The molecule has 6 heteroatoms. The summed E-state index contributed by atoms with van der Waals surface area (Å²) in [5.74, 6) is 3.26. The maximum Gasteiger partial charge on any atom is 0.193 e. The van der Waals surface area contributed by atoms with E-state index in [1.54, 1.807) is 21.3 Å². The number of hydrogen-bond donors (Lipinski definition) is 1. The molecule has 0 saturated carbocycles. The van der Waals surface area contributed by atoms with Crippen molar-refractivity contribution in [3.8, 4) is 17.2 Å². The molecule has 0 spiro atoms. The molecule has 2 rings (SSSR count). The summed E-state index contributed by atoms with van der Waals surface area (Å²) in [4.78, 5) is 6.52. The van der Waals surface area contributed by atoms with Gasteiger partial charge in [0.05, 0.1) is 21.3 Å². The van der Waals surface area contributed by atoms with Crippen LogP contribution in [-0.4, -0.2) is 59.4 Å². The van der Waals surface area contributed by atoms with Crippen LogP contribution in [0.15, 0.2) is 47.5 Å². The van der Waals surface area contributed by atoms with Gasteiger partial charge < -0.3 is 24.4 Å². The summed E-state index contributed by atoms with van der Waals surface area (Å²) in [5.41, 5.74) is 2.45. The predicted molar refractivity (Wildman–Crippen MR) is 114 cm³/mol. The molecule has 2 aromatic carbocycles. The molecule has 2 aromatic rings. The molecule has 1 N–H and O–H groups in total. The number of ether oxygens (including phenoxy) is 3. The number of aliphatic imine (C=N–C) groups is 1. The lowest BCUT2D eigenvalue weighted by molar-refractivity contribution is 0.354. The predicted octanol–water partition coefficient (Wildman–Crippen LogP) is 3.00. The second-order valence-corrected chi connectivity index (χ2v) is 6.43. The van der Waals surface area contributed by atoms with Gasteiger partial charge in [0.15, 0.2) is 17.5 Å². The van der Waals surface area contributed by atoms with Gasteiger partial charge in [-0.2, -0.15) is 0 Å². The van der Waals surface area contributed by atoms with E-state index in [-0.39, 0.29) is 0 Å². The third-order valence-electron chi connectivity index (χ3n) is 4.61. The lowest BCUT2D eigenvalue weighted by atomic mass is 10.1. The van der Waals surface area contributed by atoms with Gasteiger partial charge in [0.25, 0.3) is 0 Å². The molecule has 0 amide bonds. The van der Waals surface area contributed by atoms with E-state index in [1.165, 1.54) is 11.1 Å². The van der Waals surface area contributed by atoms with Gasteiger partial charge in [0.1, 0.15) is 5.75 Å². The fourth-order valence-electron chi connectivity index (χ4n) is 2.93. The Balaban J connectivity index is 1.83. The number of rotatable bonds is 9. The van der Waals surface area contributed by atoms with Crippen molar-refractivity contribution < 1.29 is 14.2 Å². The highest BCUT2D eigenvalue weighted by Gasteiger charge is 2.08. The van der Waals surface area contributed by atoms with Crippen LogP contribution in [0.1, 0.15) is 11.1 Å². The lowest BCUT2D eigenvalue weighted by Gasteiger charge is -2.22. The minimum atomic E-state index is 0.746. The third-order valence-corrected chi connectivity index (χ3v) is 4.61. The topological polar surface area (TPSA) is 55.3 Å². The van der Waals surface area contributed by atoms with Crippen molar-refractivity contribution in [2.75, 3.05) is 48.5 Å². The van der Waals surface area contributed by atoms with E-state index in [1.807, 2.05) is 38.4 Å². The summed E-state index contributed by atoms with van der Waals surface area (Å²) < 4.78 is 15.9. The van der Waals surface area contributed by atoms with Gasteiger partial charge >= 0.3 is 0 Å². The highest BCUT2D eigenvalue weighted by atomic mass is 16.5. The largest absolute Gasteiger partial charge is 0.497 e. The number of methoxy groups -OCH3 is 3. The summed E-state index contributed by atoms with van der Waals surface area (Å²) in [5, 5.41) is 3.42. The summed E-state index contributed by atoms with van der Waals surface area (Å²) >= 11 is 0. The van der Waals surface area contributed by atoms with E-state index in [2.05, 4.69) is 33.4 Å². The summed E-state index contributed by atoms with van der Waals surface area (Å²) in [6.07, 6.45) is 1.81. The maximum absolute atomic E-state index is 5.38. The molecule has 0 aliphatic carbocycles. The molecule has 0 heterocycles.